The van der Waals surface area contributed by atoms with Gasteiger partial charge in [0.05, 0.1) is 17.2 Å². The van der Waals surface area contributed by atoms with Gasteiger partial charge in [0, 0.05) is 35.4 Å². The van der Waals surface area contributed by atoms with Gasteiger partial charge in [-0.2, -0.15) is 0 Å². The normalized spacial score (nSPS) is 25.2. The van der Waals surface area contributed by atoms with E-state index in [1.165, 1.54) is 12.1 Å². The van der Waals surface area contributed by atoms with Crippen molar-refractivity contribution in [2.24, 2.45) is 0 Å². The van der Waals surface area contributed by atoms with Gasteiger partial charge in [-0.1, -0.05) is 6.07 Å². The zero-order valence-corrected chi connectivity index (χ0v) is 20.2. The molecule has 1 amide bonds. The van der Waals surface area contributed by atoms with Gasteiger partial charge in [-0.3, -0.25) is 9.69 Å². The maximum atomic E-state index is 13.3. The summed E-state index contributed by atoms with van der Waals surface area (Å²) in [6.45, 7) is 4.45. The average Bonchev–Trinajstić information content (AvgIpc) is 3.37. The fourth-order valence-corrected chi connectivity index (χ4v) is 6.06. The van der Waals surface area contributed by atoms with E-state index in [4.69, 9.17) is 4.74 Å². The second-order valence-corrected chi connectivity index (χ2v) is 10.7. The van der Waals surface area contributed by atoms with Crippen molar-refractivity contribution in [2.75, 3.05) is 31.6 Å². The molecule has 2 N–H and O–H groups in total. The Morgan fingerprint density at radius 1 is 1.22 bits per heavy atom. The van der Waals surface area contributed by atoms with E-state index in [0.29, 0.717) is 56.1 Å². The Morgan fingerprint density at radius 2 is 2.00 bits per heavy atom. The molecular weight excluding hydrogens is 466 g/mol. The number of rotatable bonds is 6. The molecule has 3 aromatic rings. The molecule has 4 heterocycles. The summed E-state index contributed by atoms with van der Waals surface area (Å²) in [6, 6.07) is 8.76. The van der Waals surface area contributed by atoms with Gasteiger partial charge in [0.2, 0.25) is 5.91 Å². The number of hydrogen-bond acceptors (Lipinski definition) is 5. The minimum absolute atomic E-state index is 0.0408. The Balaban J connectivity index is 1.05. The van der Waals surface area contributed by atoms with Gasteiger partial charge < -0.3 is 19.7 Å². The molecule has 7 nitrogen and oxygen atoms in total. The van der Waals surface area contributed by atoms with E-state index in [9.17, 15) is 18.7 Å². The topological polar surface area (TPSA) is 79.6 Å². The zero-order valence-electron chi connectivity index (χ0n) is 20.2. The highest BCUT2D eigenvalue weighted by Crippen LogP contribution is 2.46. The fourth-order valence-electron chi connectivity index (χ4n) is 6.06. The van der Waals surface area contributed by atoms with Crippen LogP contribution < -0.4 is 10.1 Å². The molecule has 2 aliphatic heterocycles. The van der Waals surface area contributed by atoms with Crippen LogP contribution in [-0.2, 0) is 10.2 Å². The number of ether oxygens (including phenoxy) is 1. The summed E-state index contributed by atoms with van der Waals surface area (Å²) >= 11 is 0. The molecule has 2 aromatic heterocycles. The van der Waals surface area contributed by atoms with Gasteiger partial charge in [-0.15, -0.1) is 0 Å². The molecule has 1 saturated heterocycles. The standard InChI is InChI=1S/C27H30F2N4O3/c1-26(35)14-19(15-26)33-7-4-18-12-20(16-30-24(18)33)36-11-10-32-8-5-27(6-9-32)21-13-17(23(28)29)2-3-22(21)31-25(27)34/h2-4,7,12-13,16,19,23,35H,5-6,8-11,14-15H2,1H3,(H,31,34)/t19-,26+. The van der Waals surface area contributed by atoms with Crippen molar-refractivity contribution in [3.63, 3.8) is 0 Å². The van der Waals surface area contributed by atoms with Crippen molar-refractivity contribution in [3.05, 3.63) is 53.9 Å². The third-order valence-corrected chi connectivity index (χ3v) is 8.15. The second kappa shape index (κ2) is 8.52. The third kappa shape index (κ3) is 3.94. The van der Waals surface area contributed by atoms with Crippen LogP contribution in [0.5, 0.6) is 5.75 Å². The largest absolute Gasteiger partial charge is 0.491 e. The Bertz CT molecular complexity index is 1310. The number of anilines is 1. The minimum Gasteiger partial charge on any atom is -0.491 e. The lowest BCUT2D eigenvalue weighted by Crippen LogP contribution is -2.47. The Kier molecular flexibility index (Phi) is 5.53. The summed E-state index contributed by atoms with van der Waals surface area (Å²) in [5, 5.41) is 13.9. The highest BCUT2D eigenvalue weighted by atomic mass is 19.3. The van der Waals surface area contributed by atoms with Gasteiger partial charge in [0.15, 0.2) is 0 Å². The molecule has 3 aliphatic rings. The maximum Gasteiger partial charge on any atom is 0.263 e. The number of piperidine rings is 1. The van der Waals surface area contributed by atoms with Crippen LogP contribution >= 0.6 is 0 Å². The Labute approximate surface area is 208 Å². The SMILES string of the molecule is C[C@]1(O)C[C@@H](n2ccc3cc(OCCN4CCC5(CC4)C(=O)Nc4ccc(C(F)F)cc45)cnc32)C1. The molecule has 190 valence electrons. The van der Waals surface area contributed by atoms with Crippen LogP contribution in [0.4, 0.5) is 14.5 Å². The molecular formula is C27H30F2N4O3. The van der Waals surface area contributed by atoms with E-state index >= 15 is 0 Å². The summed E-state index contributed by atoms with van der Waals surface area (Å²) < 4.78 is 34.6. The van der Waals surface area contributed by atoms with Gasteiger partial charge in [-0.05, 0) is 75.5 Å². The maximum absolute atomic E-state index is 13.3. The van der Waals surface area contributed by atoms with E-state index in [1.807, 2.05) is 25.3 Å². The molecule has 0 radical (unpaired) electrons. The summed E-state index contributed by atoms with van der Waals surface area (Å²) in [4.78, 5) is 19.7. The Hall–Kier alpha value is -3.04. The molecule has 0 atom stereocenters. The molecule has 6 rings (SSSR count). The number of halogens is 2. The van der Waals surface area contributed by atoms with Crippen LogP contribution in [0.1, 0.15) is 56.2 Å². The summed E-state index contributed by atoms with van der Waals surface area (Å²) in [5.41, 5.74) is 0.903. The number of hydrogen-bond donors (Lipinski definition) is 2. The molecule has 1 spiro atoms. The number of aliphatic hydroxyl groups is 1. The predicted octanol–water partition coefficient (Wildman–Crippen LogP) is 4.42. The zero-order chi connectivity index (χ0) is 25.1. The van der Waals surface area contributed by atoms with Gasteiger partial charge >= 0.3 is 0 Å². The fraction of sp³-hybridized carbons (Fsp3) is 0.481. The number of pyridine rings is 1. The molecule has 1 saturated carbocycles. The van der Waals surface area contributed by atoms with Crippen molar-refractivity contribution in [3.8, 4) is 5.75 Å². The summed E-state index contributed by atoms with van der Waals surface area (Å²) in [5.74, 6) is 0.620. The van der Waals surface area contributed by atoms with Crippen LogP contribution in [0, 0.1) is 0 Å². The van der Waals surface area contributed by atoms with Crippen molar-refractivity contribution >= 4 is 22.6 Å². The average molecular weight is 497 g/mol. The minimum atomic E-state index is -2.55. The Morgan fingerprint density at radius 3 is 2.72 bits per heavy atom. The van der Waals surface area contributed by atoms with E-state index in [-0.39, 0.29) is 17.5 Å². The first kappa shape index (κ1) is 23.4. The highest BCUT2D eigenvalue weighted by molar-refractivity contribution is 6.06. The molecule has 9 heteroatoms. The van der Waals surface area contributed by atoms with Crippen LogP contribution in [0.25, 0.3) is 11.0 Å². The first-order chi connectivity index (χ1) is 17.2. The number of likely N-dealkylation sites (tertiary alicyclic amines) is 1. The van der Waals surface area contributed by atoms with Crippen LogP contribution in [0.3, 0.4) is 0 Å². The van der Waals surface area contributed by atoms with E-state index in [0.717, 1.165) is 23.9 Å². The van der Waals surface area contributed by atoms with Crippen LogP contribution in [0.2, 0.25) is 0 Å². The summed E-state index contributed by atoms with van der Waals surface area (Å²) in [7, 11) is 0. The van der Waals surface area contributed by atoms with Crippen molar-refractivity contribution in [1.29, 1.82) is 0 Å². The number of alkyl halides is 2. The number of nitrogens with zero attached hydrogens (tertiary/aromatic N) is 3. The summed E-state index contributed by atoms with van der Waals surface area (Å²) in [6.07, 6.45) is 3.85. The molecule has 0 bridgehead atoms. The first-order valence-electron chi connectivity index (χ1n) is 12.5. The third-order valence-electron chi connectivity index (χ3n) is 8.15. The van der Waals surface area contributed by atoms with E-state index in [1.54, 1.807) is 12.3 Å². The van der Waals surface area contributed by atoms with Gasteiger partial charge in [-0.25, -0.2) is 13.8 Å². The predicted molar refractivity (Wildman–Crippen MR) is 132 cm³/mol. The first-order valence-corrected chi connectivity index (χ1v) is 12.5. The number of carbonyl (C=O) groups is 1. The number of aromatic nitrogens is 2. The number of amides is 1. The van der Waals surface area contributed by atoms with Crippen molar-refractivity contribution in [2.45, 2.75) is 56.1 Å². The second-order valence-electron chi connectivity index (χ2n) is 10.7. The van der Waals surface area contributed by atoms with Crippen molar-refractivity contribution < 1.29 is 23.4 Å². The van der Waals surface area contributed by atoms with Gasteiger partial charge in [0.1, 0.15) is 18.0 Å². The quantitative estimate of drug-likeness (QED) is 0.528. The van der Waals surface area contributed by atoms with E-state index in [2.05, 4.69) is 19.8 Å². The van der Waals surface area contributed by atoms with Crippen LogP contribution in [-0.4, -0.2) is 57.3 Å². The highest BCUT2D eigenvalue weighted by Gasteiger charge is 2.48. The molecule has 1 aromatic carbocycles. The number of carbonyl (C=O) groups excluding carboxylic acids is 1. The smallest absolute Gasteiger partial charge is 0.263 e. The number of nitrogens with one attached hydrogen (secondary N) is 1. The lowest BCUT2D eigenvalue weighted by Gasteiger charge is -2.41. The lowest BCUT2D eigenvalue weighted by molar-refractivity contribution is -0.122. The monoisotopic (exact) mass is 496 g/mol. The number of benzene rings is 1. The molecule has 36 heavy (non-hydrogen) atoms. The van der Waals surface area contributed by atoms with Crippen LogP contribution in [0.15, 0.2) is 42.7 Å². The lowest BCUT2D eigenvalue weighted by atomic mass is 9.73. The van der Waals surface area contributed by atoms with E-state index < -0.39 is 17.4 Å². The van der Waals surface area contributed by atoms with Gasteiger partial charge in [0.25, 0.3) is 6.43 Å². The number of fused-ring (bicyclic) bond motifs is 3. The molecule has 2 fully saturated rings. The van der Waals surface area contributed by atoms with Crippen molar-refractivity contribution in [1.82, 2.24) is 14.5 Å². The molecule has 1 aliphatic carbocycles. The molecule has 0 unspecified atom stereocenters.